The van der Waals surface area contributed by atoms with Crippen LogP contribution in [0.5, 0.6) is 0 Å². The van der Waals surface area contributed by atoms with Gasteiger partial charge in [-0.1, -0.05) is 0 Å². The van der Waals surface area contributed by atoms with E-state index in [4.69, 9.17) is 15.9 Å². The van der Waals surface area contributed by atoms with E-state index < -0.39 is 24.0 Å². The van der Waals surface area contributed by atoms with E-state index in [0.29, 0.717) is 25.8 Å². The lowest BCUT2D eigenvalue weighted by Gasteiger charge is -2.29. The lowest BCUT2D eigenvalue weighted by atomic mass is 9.81. The van der Waals surface area contributed by atoms with Crippen molar-refractivity contribution in [1.82, 2.24) is 10.6 Å². The van der Waals surface area contributed by atoms with Gasteiger partial charge in [-0.05, 0) is 56.5 Å². The molecule has 1 fully saturated rings. The molecule has 1 saturated carbocycles. The number of carboxylic acid groups (broad SMARTS) is 2. The number of rotatable bonds is 12. The molecule has 2 unspecified atom stereocenters. The van der Waals surface area contributed by atoms with Gasteiger partial charge in [0.1, 0.15) is 6.04 Å². The second-order valence-electron chi connectivity index (χ2n) is 7.18. The van der Waals surface area contributed by atoms with Crippen molar-refractivity contribution >= 4 is 47.9 Å². The summed E-state index contributed by atoms with van der Waals surface area (Å²) in [7, 11) is 0. The van der Waals surface area contributed by atoms with E-state index in [2.05, 4.69) is 10.6 Å². The smallest absolute Gasteiger partial charge is 0.326 e. The molecule has 0 saturated heterocycles. The van der Waals surface area contributed by atoms with E-state index >= 15 is 0 Å². The zero-order valence-corrected chi connectivity index (χ0v) is 18.2. The van der Waals surface area contributed by atoms with E-state index in [-0.39, 0.29) is 48.9 Å². The summed E-state index contributed by atoms with van der Waals surface area (Å²) in [5.74, 6) is -2.03. The molecule has 1 rings (SSSR count). The third-order valence-electron chi connectivity index (χ3n) is 5.01. The number of hydrogen-bond donors (Lipinski definition) is 5. The number of hydrogen-bond acceptors (Lipinski definition) is 6. The van der Waals surface area contributed by atoms with Crippen molar-refractivity contribution in [3.63, 3.8) is 0 Å². The van der Waals surface area contributed by atoms with E-state index in [1.54, 1.807) is 11.8 Å². The molecule has 29 heavy (non-hydrogen) atoms. The van der Waals surface area contributed by atoms with Gasteiger partial charge in [-0.3, -0.25) is 14.4 Å². The van der Waals surface area contributed by atoms with Gasteiger partial charge in [-0.25, -0.2) is 4.79 Å². The van der Waals surface area contributed by atoms with Crippen molar-refractivity contribution in [3.8, 4) is 0 Å². The first-order valence-electron chi connectivity index (χ1n) is 9.51. The highest BCUT2D eigenvalue weighted by atomic mass is 35.5. The molecule has 168 valence electrons. The normalized spacial score (nSPS) is 20.6. The van der Waals surface area contributed by atoms with Crippen molar-refractivity contribution in [3.05, 3.63) is 0 Å². The minimum atomic E-state index is -1.23. The molecule has 6 N–H and O–H groups in total. The molecule has 0 bridgehead atoms. The molecule has 2 amide bonds. The number of carboxylic acids is 2. The molecule has 2 atom stereocenters. The molecular formula is C18H32ClN3O6S. The zero-order valence-electron chi connectivity index (χ0n) is 16.6. The molecule has 0 aliphatic heterocycles. The predicted molar refractivity (Wildman–Crippen MR) is 113 cm³/mol. The molecule has 0 aromatic rings. The molecule has 0 aromatic heterocycles. The summed E-state index contributed by atoms with van der Waals surface area (Å²) in [5, 5.41) is 23.1. The maximum Gasteiger partial charge on any atom is 0.326 e. The fraction of sp³-hybridized carbons (Fsp3) is 0.778. The first-order valence-corrected chi connectivity index (χ1v) is 10.9. The van der Waals surface area contributed by atoms with Gasteiger partial charge in [-0.2, -0.15) is 11.8 Å². The van der Waals surface area contributed by atoms with Crippen molar-refractivity contribution in [2.75, 3.05) is 18.6 Å². The van der Waals surface area contributed by atoms with Crippen molar-refractivity contribution in [1.29, 1.82) is 0 Å². The number of carbonyl (C=O) groups is 4. The fourth-order valence-corrected chi connectivity index (χ4v) is 3.69. The van der Waals surface area contributed by atoms with Crippen molar-refractivity contribution < 1.29 is 29.4 Å². The SMILES string of the molecule is CSCCC(N)C(=O)NCC1CCC(C(=O)NC(CCC(=O)O)C(=O)O)CC1.Cl. The van der Waals surface area contributed by atoms with Gasteiger partial charge in [0.2, 0.25) is 11.8 Å². The maximum atomic E-state index is 12.3. The van der Waals surface area contributed by atoms with Crippen LogP contribution in [0.15, 0.2) is 0 Å². The van der Waals surface area contributed by atoms with Crippen LogP contribution < -0.4 is 16.4 Å². The van der Waals surface area contributed by atoms with Crippen LogP contribution in [0.3, 0.4) is 0 Å². The Hall–Kier alpha value is -1.52. The van der Waals surface area contributed by atoms with Crippen LogP contribution in [0.2, 0.25) is 0 Å². The Kier molecular flexibility index (Phi) is 13.7. The molecule has 11 heteroatoms. The minimum Gasteiger partial charge on any atom is -0.481 e. The van der Waals surface area contributed by atoms with Gasteiger partial charge in [0.05, 0.1) is 6.04 Å². The quantitative estimate of drug-likeness (QED) is 0.290. The molecule has 0 aromatic carbocycles. The largest absolute Gasteiger partial charge is 0.481 e. The van der Waals surface area contributed by atoms with Gasteiger partial charge in [-0.15, -0.1) is 12.4 Å². The minimum absolute atomic E-state index is 0. The number of nitrogens with one attached hydrogen (secondary N) is 2. The lowest BCUT2D eigenvalue weighted by molar-refractivity contribution is -0.143. The number of aliphatic carboxylic acids is 2. The molecule has 1 aliphatic rings. The van der Waals surface area contributed by atoms with Crippen LogP contribution in [0.4, 0.5) is 0 Å². The van der Waals surface area contributed by atoms with Crippen LogP contribution in [0.25, 0.3) is 0 Å². The molecule has 0 spiro atoms. The van der Waals surface area contributed by atoms with Crippen LogP contribution >= 0.6 is 24.2 Å². The summed E-state index contributed by atoms with van der Waals surface area (Å²) in [6.45, 7) is 0.524. The van der Waals surface area contributed by atoms with Crippen LogP contribution in [0.1, 0.15) is 44.9 Å². The highest BCUT2D eigenvalue weighted by Gasteiger charge is 2.29. The Morgan fingerprint density at radius 2 is 1.72 bits per heavy atom. The van der Waals surface area contributed by atoms with Crippen LogP contribution in [-0.2, 0) is 19.2 Å². The molecule has 1 aliphatic carbocycles. The second-order valence-corrected chi connectivity index (χ2v) is 8.17. The van der Waals surface area contributed by atoms with E-state index in [1.807, 2.05) is 6.26 Å². The van der Waals surface area contributed by atoms with Gasteiger partial charge in [0, 0.05) is 18.9 Å². The topological polar surface area (TPSA) is 159 Å². The molecule has 9 nitrogen and oxygen atoms in total. The first kappa shape index (κ1) is 27.5. The monoisotopic (exact) mass is 453 g/mol. The van der Waals surface area contributed by atoms with Crippen molar-refractivity contribution in [2.45, 2.75) is 57.0 Å². The average molecular weight is 454 g/mol. The Balaban J connectivity index is 0.00000784. The van der Waals surface area contributed by atoms with Crippen LogP contribution in [0, 0.1) is 11.8 Å². The number of carbonyl (C=O) groups excluding carboxylic acids is 2. The number of halogens is 1. The third-order valence-corrected chi connectivity index (χ3v) is 5.66. The zero-order chi connectivity index (χ0) is 21.1. The summed E-state index contributed by atoms with van der Waals surface area (Å²) in [6.07, 6.45) is 4.86. The second kappa shape index (κ2) is 14.5. The highest BCUT2D eigenvalue weighted by molar-refractivity contribution is 7.98. The molecule has 0 heterocycles. The van der Waals surface area contributed by atoms with E-state index in [0.717, 1.165) is 18.6 Å². The standard InChI is InChI=1S/C18H31N3O6S.ClH/c1-28-9-8-13(19)17(25)20-10-11-2-4-12(5-3-11)16(24)21-14(18(26)27)6-7-15(22)23;/h11-14H,2-10,19H2,1H3,(H,20,25)(H,21,24)(H,22,23)(H,26,27);1H. The van der Waals surface area contributed by atoms with Gasteiger partial charge < -0.3 is 26.6 Å². The Labute approximate surface area is 181 Å². The fourth-order valence-electron chi connectivity index (χ4n) is 3.20. The molecule has 0 radical (unpaired) electrons. The number of thioether (sulfide) groups is 1. The Bertz CT molecular complexity index is 558. The Morgan fingerprint density at radius 3 is 2.24 bits per heavy atom. The maximum absolute atomic E-state index is 12.3. The van der Waals surface area contributed by atoms with Crippen LogP contribution in [-0.4, -0.2) is 64.6 Å². The van der Waals surface area contributed by atoms with Crippen molar-refractivity contribution in [2.24, 2.45) is 17.6 Å². The number of nitrogens with two attached hydrogens (primary N) is 1. The lowest BCUT2D eigenvalue weighted by Crippen LogP contribution is -2.45. The summed E-state index contributed by atoms with van der Waals surface area (Å²) in [6, 6.07) is -1.70. The Morgan fingerprint density at radius 1 is 1.10 bits per heavy atom. The van der Waals surface area contributed by atoms with Gasteiger partial charge >= 0.3 is 11.9 Å². The summed E-state index contributed by atoms with van der Waals surface area (Å²) >= 11 is 1.64. The predicted octanol–water partition coefficient (Wildman–Crippen LogP) is 0.845. The average Bonchev–Trinajstić information content (AvgIpc) is 2.67. The molecular weight excluding hydrogens is 422 g/mol. The van der Waals surface area contributed by atoms with Gasteiger partial charge in [0.25, 0.3) is 0 Å². The highest BCUT2D eigenvalue weighted by Crippen LogP contribution is 2.28. The summed E-state index contributed by atoms with van der Waals surface area (Å²) < 4.78 is 0. The summed E-state index contributed by atoms with van der Waals surface area (Å²) in [4.78, 5) is 46.1. The number of amides is 2. The van der Waals surface area contributed by atoms with E-state index in [1.165, 1.54) is 0 Å². The summed E-state index contributed by atoms with van der Waals surface area (Å²) in [5.41, 5.74) is 5.83. The third kappa shape index (κ3) is 10.7. The first-order chi connectivity index (χ1) is 13.2. The van der Waals surface area contributed by atoms with E-state index in [9.17, 15) is 19.2 Å². The van der Waals surface area contributed by atoms with Gasteiger partial charge in [0.15, 0.2) is 0 Å².